The lowest BCUT2D eigenvalue weighted by molar-refractivity contribution is -0.384. The molecule has 0 amide bonds. The summed E-state index contributed by atoms with van der Waals surface area (Å²) in [6.45, 7) is 0.912. The second-order valence-electron chi connectivity index (χ2n) is 6.90. The maximum atomic E-state index is 12.4. The van der Waals surface area contributed by atoms with E-state index < -0.39 is 10.9 Å². The Bertz CT molecular complexity index is 1320. The number of non-ortho nitro benzene ring substituents is 1. The lowest BCUT2D eigenvalue weighted by Gasteiger charge is -2.10. The number of aromatic nitrogens is 2. The molecule has 10 nitrogen and oxygen atoms in total. The minimum atomic E-state index is -0.642. The standard InChI is InChI=1S/C22H18ClN5O5/c1-32-22(29)19-20(13-2-5-15(6-3-13)28(30)31)33-27-21(19)26-11-10-25-17-8-9-24-18-12-14(23)4-7-16(17)18/h2-9,12H,10-11H2,1H3,(H,24,25)(H,26,27). The van der Waals surface area contributed by atoms with E-state index in [2.05, 4.69) is 20.8 Å². The smallest absolute Gasteiger partial charge is 0.345 e. The molecular formula is C22H18ClN5O5. The zero-order valence-electron chi connectivity index (χ0n) is 17.4. The highest BCUT2D eigenvalue weighted by atomic mass is 35.5. The number of esters is 1. The SMILES string of the molecule is COC(=O)c1c(NCCNc2ccnc3cc(Cl)ccc23)noc1-c1ccc([N+](=O)[O-])cc1. The van der Waals surface area contributed by atoms with Gasteiger partial charge in [-0.05, 0) is 36.4 Å². The van der Waals surface area contributed by atoms with E-state index in [0.717, 1.165) is 16.6 Å². The van der Waals surface area contributed by atoms with Crippen molar-refractivity contribution in [2.75, 3.05) is 30.8 Å². The van der Waals surface area contributed by atoms with Gasteiger partial charge in [-0.25, -0.2) is 4.79 Å². The number of fused-ring (bicyclic) bond motifs is 1. The summed E-state index contributed by atoms with van der Waals surface area (Å²) >= 11 is 6.03. The Morgan fingerprint density at radius 2 is 1.91 bits per heavy atom. The quantitative estimate of drug-likeness (QED) is 0.163. The van der Waals surface area contributed by atoms with Crippen molar-refractivity contribution >= 4 is 45.7 Å². The van der Waals surface area contributed by atoms with E-state index in [9.17, 15) is 14.9 Å². The van der Waals surface area contributed by atoms with Gasteiger partial charge in [-0.1, -0.05) is 16.8 Å². The fourth-order valence-corrected chi connectivity index (χ4v) is 3.45. The van der Waals surface area contributed by atoms with E-state index in [1.54, 1.807) is 18.3 Å². The minimum Gasteiger partial charge on any atom is -0.465 e. The van der Waals surface area contributed by atoms with Crippen LogP contribution in [0.2, 0.25) is 5.02 Å². The van der Waals surface area contributed by atoms with Gasteiger partial charge in [0.2, 0.25) is 0 Å². The number of anilines is 2. The molecule has 2 aromatic heterocycles. The summed E-state index contributed by atoms with van der Waals surface area (Å²) in [6, 6.07) is 13.0. The van der Waals surface area contributed by atoms with E-state index in [-0.39, 0.29) is 22.8 Å². The van der Waals surface area contributed by atoms with Crippen molar-refractivity contribution in [1.29, 1.82) is 0 Å². The van der Waals surface area contributed by atoms with Crippen LogP contribution in [0.25, 0.3) is 22.2 Å². The molecule has 0 aliphatic heterocycles. The van der Waals surface area contributed by atoms with E-state index in [4.69, 9.17) is 20.9 Å². The molecule has 0 unspecified atom stereocenters. The lowest BCUT2D eigenvalue weighted by Crippen LogP contribution is -2.16. The number of nitro groups is 1. The first-order valence-corrected chi connectivity index (χ1v) is 10.2. The third kappa shape index (κ3) is 4.70. The van der Waals surface area contributed by atoms with Gasteiger partial charge in [-0.15, -0.1) is 0 Å². The number of hydrogen-bond acceptors (Lipinski definition) is 9. The third-order valence-electron chi connectivity index (χ3n) is 4.86. The van der Waals surface area contributed by atoms with Crippen LogP contribution in [0.5, 0.6) is 0 Å². The molecule has 2 heterocycles. The molecule has 2 N–H and O–H groups in total. The molecule has 11 heteroatoms. The predicted molar refractivity (Wildman–Crippen MR) is 124 cm³/mol. The van der Waals surface area contributed by atoms with Crippen LogP contribution in [0, 0.1) is 10.1 Å². The second kappa shape index (κ2) is 9.53. The van der Waals surface area contributed by atoms with Crippen LogP contribution in [0.15, 0.2) is 59.3 Å². The number of pyridine rings is 1. The fraction of sp³-hybridized carbons (Fsp3) is 0.136. The van der Waals surface area contributed by atoms with Crippen molar-refractivity contribution < 1.29 is 19.0 Å². The molecule has 0 fully saturated rings. The normalized spacial score (nSPS) is 10.7. The van der Waals surface area contributed by atoms with E-state index in [1.807, 2.05) is 12.1 Å². The zero-order chi connectivity index (χ0) is 23.4. The van der Waals surface area contributed by atoms with Crippen molar-refractivity contribution in [3.8, 4) is 11.3 Å². The van der Waals surface area contributed by atoms with E-state index in [1.165, 1.54) is 31.4 Å². The van der Waals surface area contributed by atoms with Crippen LogP contribution >= 0.6 is 11.6 Å². The number of ether oxygens (including phenoxy) is 1. The molecule has 0 bridgehead atoms. The molecule has 33 heavy (non-hydrogen) atoms. The first-order valence-electron chi connectivity index (χ1n) is 9.82. The molecule has 0 atom stereocenters. The Morgan fingerprint density at radius 3 is 2.64 bits per heavy atom. The zero-order valence-corrected chi connectivity index (χ0v) is 18.1. The Morgan fingerprint density at radius 1 is 1.15 bits per heavy atom. The second-order valence-corrected chi connectivity index (χ2v) is 7.34. The van der Waals surface area contributed by atoms with Crippen LogP contribution in [-0.2, 0) is 4.74 Å². The van der Waals surface area contributed by atoms with Crippen LogP contribution < -0.4 is 10.6 Å². The first-order chi connectivity index (χ1) is 16.0. The molecule has 168 valence electrons. The molecule has 2 aromatic carbocycles. The van der Waals surface area contributed by atoms with E-state index in [0.29, 0.717) is 23.7 Å². The summed E-state index contributed by atoms with van der Waals surface area (Å²) in [5.74, 6) is -0.273. The van der Waals surface area contributed by atoms with Gasteiger partial charge >= 0.3 is 5.97 Å². The summed E-state index contributed by atoms with van der Waals surface area (Å²) in [4.78, 5) is 27.1. The maximum absolute atomic E-state index is 12.4. The summed E-state index contributed by atoms with van der Waals surface area (Å²) < 4.78 is 10.2. The number of benzene rings is 2. The van der Waals surface area contributed by atoms with Crippen LogP contribution in [0.3, 0.4) is 0 Å². The van der Waals surface area contributed by atoms with Crippen molar-refractivity contribution in [3.05, 3.63) is 75.4 Å². The largest absolute Gasteiger partial charge is 0.465 e. The molecule has 0 radical (unpaired) electrons. The monoisotopic (exact) mass is 467 g/mol. The molecule has 0 spiro atoms. The van der Waals surface area contributed by atoms with E-state index >= 15 is 0 Å². The number of carbonyl (C=O) groups excluding carboxylic acids is 1. The van der Waals surface area contributed by atoms with Gasteiger partial charge in [0.25, 0.3) is 5.69 Å². The van der Waals surface area contributed by atoms with Crippen LogP contribution in [0.4, 0.5) is 17.2 Å². The molecule has 0 saturated heterocycles. The fourth-order valence-electron chi connectivity index (χ4n) is 3.29. The maximum Gasteiger partial charge on any atom is 0.345 e. The summed E-state index contributed by atoms with van der Waals surface area (Å²) in [7, 11) is 1.25. The van der Waals surface area contributed by atoms with Gasteiger partial charge in [0.05, 0.1) is 17.5 Å². The number of carbonyl (C=O) groups is 1. The number of halogens is 1. The number of nitrogens with one attached hydrogen (secondary N) is 2. The minimum absolute atomic E-state index is 0.0757. The molecule has 4 aromatic rings. The number of hydrogen-bond donors (Lipinski definition) is 2. The molecule has 0 saturated carbocycles. The van der Waals surface area contributed by atoms with Gasteiger partial charge in [0, 0.05) is 53.1 Å². The van der Waals surface area contributed by atoms with Crippen LogP contribution in [0.1, 0.15) is 10.4 Å². The van der Waals surface area contributed by atoms with Gasteiger partial charge in [0.15, 0.2) is 17.1 Å². The number of nitrogens with zero attached hydrogens (tertiary/aromatic N) is 3. The molecule has 0 aliphatic rings. The van der Waals surface area contributed by atoms with Crippen LogP contribution in [-0.4, -0.2) is 41.2 Å². The Hall–Kier alpha value is -4.18. The Balaban J connectivity index is 1.48. The summed E-state index contributed by atoms with van der Waals surface area (Å²) in [5, 5.41) is 22.7. The first kappa shape index (κ1) is 22.0. The summed E-state index contributed by atoms with van der Waals surface area (Å²) in [5.41, 5.74) is 2.15. The number of nitro benzene ring substituents is 1. The summed E-state index contributed by atoms with van der Waals surface area (Å²) in [6.07, 6.45) is 1.69. The lowest BCUT2D eigenvalue weighted by atomic mass is 10.1. The van der Waals surface area contributed by atoms with Crippen molar-refractivity contribution in [1.82, 2.24) is 10.1 Å². The predicted octanol–water partition coefficient (Wildman–Crippen LogP) is 4.76. The highest BCUT2D eigenvalue weighted by molar-refractivity contribution is 6.31. The van der Waals surface area contributed by atoms with Gasteiger partial charge in [-0.2, -0.15) is 0 Å². The molecular weight excluding hydrogens is 450 g/mol. The molecule has 0 aliphatic carbocycles. The van der Waals surface area contributed by atoms with Crippen molar-refractivity contribution in [2.45, 2.75) is 0 Å². The number of methoxy groups -OCH3 is 1. The highest BCUT2D eigenvalue weighted by Crippen LogP contribution is 2.31. The Kier molecular flexibility index (Phi) is 6.36. The third-order valence-corrected chi connectivity index (χ3v) is 5.09. The van der Waals surface area contributed by atoms with Gasteiger partial charge in [-0.3, -0.25) is 15.1 Å². The van der Waals surface area contributed by atoms with Crippen molar-refractivity contribution in [3.63, 3.8) is 0 Å². The topological polar surface area (TPSA) is 132 Å². The van der Waals surface area contributed by atoms with Gasteiger partial charge < -0.3 is 19.9 Å². The molecule has 4 rings (SSSR count). The van der Waals surface area contributed by atoms with Gasteiger partial charge in [0.1, 0.15) is 0 Å². The average molecular weight is 468 g/mol. The Labute approximate surface area is 192 Å². The highest BCUT2D eigenvalue weighted by Gasteiger charge is 2.25. The van der Waals surface area contributed by atoms with Crippen molar-refractivity contribution in [2.24, 2.45) is 0 Å². The number of rotatable bonds is 8. The average Bonchev–Trinajstić information content (AvgIpc) is 3.25.